The van der Waals surface area contributed by atoms with Crippen molar-refractivity contribution in [2.75, 3.05) is 21.2 Å². The van der Waals surface area contributed by atoms with E-state index in [2.05, 4.69) is 0 Å². The number of halogens is 3. The zero-order valence-electron chi connectivity index (χ0n) is 21.7. The Morgan fingerprint density at radius 2 is 1.61 bits per heavy atom. The zero-order valence-corrected chi connectivity index (χ0v) is 21.7. The zero-order chi connectivity index (χ0) is 30.0. The number of nitro groups is 1. The average Bonchev–Trinajstić information content (AvgIpc) is 2.95. The second-order valence-corrected chi connectivity index (χ2v) is 9.64. The molecule has 0 bridgehead atoms. The number of esters is 1. The third-order valence-electron chi connectivity index (χ3n) is 7.67. The normalized spacial score (nSPS) is 21.7. The molecule has 0 saturated carbocycles. The third kappa shape index (κ3) is 3.66. The highest BCUT2D eigenvalue weighted by Gasteiger charge is 2.72. The van der Waals surface area contributed by atoms with Crippen LogP contribution in [0.15, 0.2) is 66.0 Å². The maximum absolute atomic E-state index is 15.0. The first-order valence-corrected chi connectivity index (χ1v) is 12.1. The number of alkyl halides is 3. The molecule has 2 aromatic carbocycles. The molecular formula is C27H21F3N4O7. The molecule has 0 radical (unpaired) electrons. The van der Waals surface area contributed by atoms with Gasteiger partial charge in [0.25, 0.3) is 5.69 Å². The van der Waals surface area contributed by atoms with Gasteiger partial charge < -0.3 is 9.64 Å². The molecule has 1 fully saturated rings. The van der Waals surface area contributed by atoms with Crippen LogP contribution in [0.1, 0.15) is 28.7 Å². The minimum absolute atomic E-state index is 0.0197. The Bertz CT molecular complexity index is 1560. The molecule has 11 nitrogen and oxygen atoms in total. The molecule has 2 aromatic rings. The molecule has 3 aliphatic heterocycles. The summed E-state index contributed by atoms with van der Waals surface area (Å²) in [5, 5.41) is 11.9. The Morgan fingerprint density at radius 1 is 1.00 bits per heavy atom. The van der Waals surface area contributed by atoms with Crippen molar-refractivity contribution in [1.29, 1.82) is 0 Å². The number of rotatable bonds is 3. The van der Waals surface area contributed by atoms with Crippen LogP contribution < -0.4 is 0 Å². The summed E-state index contributed by atoms with van der Waals surface area (Å²) in [5.74, 6) is -5.76. The van der Waals surface area contributed by atoms with Crippen LogP contribution in [0.4, 0.5) is 23.7 Å². The molecule has 0 aromatic heterocycles. The Hall–Kier alpha value is -5.01. The van der Waals surface area contributed by atoms with Crippen LogP contribution in [0, 0.1) is 15.5 Å². The van der Waals surface area contributed by atoms with E-state index in [9.17, 15) is 29.3 Å². The van der Waals surface area contributed by atoms with E-state index >= 15 is 13.2 Å². The molecule has 1 saturated heterocycles. The molecule has 0 N–H and O–H groups in total. The Morgan fingerprint density at radius 3 is 2.15 bits per heavy atom. The number of ether oxygens (including phenoxy) is 1. The van der Waals surface area contributed by atoms with Crippen LogP contribution in [0.5, 0.6) is 0 Å². The lowest BCUT2D eigenvalue weighted by Gasteiger charge is -2.56. The van der Waals surface area contributed by atoms with Crippen LogP contribution in [0.2, 0.25) is 0 Å². The van der Waals surface area contributed by atoms with Gasteiger partial charge in [0.1, 0.15) is 5.70 Å². The number of nitro benzene ring substituents is 1. The van der Waals surface area contributed by atoms with Crippen molar-refractivity contribution < 1.29 is 42.0 Å². The predicted octanol–water partition coefficient (Wildman–Crippen LogP) is 3.75. The molecular weight excluding hydrogens is 549 g/mol. The first-order valence-electron chi connectivity index (χ1n) is 12.1. The summed E-state index contributed by atoms with van der Waals surface area (Å²) >= 11 is 0. The number of urea groups is 1. The highest BCUT2D eigenvalue weighted by atomic mass is 19.4. The molecule has 2 atom stereocenters. The topological polar surface area (TPSA) is 130 Å². The van der Waals surface area contributed by atoms with Gasteiger partial charge in [0.05, 0.1) is 29.2 Å². The number of barbiturate groups is 1. The summed E-state index contributed by atoms with van der Waals surface area (Å²) in [6.07, 6.45) is -3.32. The van der Waals surface area contributed by atoms with E-state index in [-0.39, 0.29) is 16.7 Å². The molecule has 1 spiro atoms. The summed E-state index contributed by atoms with van der Waals surface area (Å²) in [5.41, 5.74) is -5.93. The van der Waals surface area contributed by atoms with Gasteiger partial charge in [-0.05, 0) is 17.2 Å². The van der Waals surface area contributed by atoms with Crippen molar-refractivity contribution in [2.24, 2.45) is 5.41 Å². The summed E-state index contributed by atoms with van der Waals surface area (Å²) in [6, 6.07) is 7.88. The van der Waals surface area contributed by atoms with Gasteiger partial charge in [-0.15, -0.1) is 0 Å². The number of methoxy groups -OCH3 is 1. The van der Waals surface area contributed by atoms with Crippen molar-refractivity contribution in [3.05, 3.63) is 92.8 Å². The Kier molecular flexibility index (Phi) is 6.24. The monoisotopic (exact) mass is 570 g/mol. The van der Waals surface area contributed by atoms with Crippen molar-refractivity contribution in [1.82, 2.24) is 14.7 Å². The lowest BCUT2D eigenvalue weighted by molar-refractivity contribution is -0.385. The number of allylic oxidation sites excluding steroid dienone is 1. The minimum Gasteiger partial charge on any atom is -0.466 e. The fourth-order valence-electron chi connectivity index (χ4n) is 6.09. The number of hydrogen-bond donors (Lipinski definition) is 0. The van der Waals surface area contributed by atoms with Crippen molar-refractivity contribution in [3.8, 4) is 0 Å². The Balaban J connectivity index is 2.04. The molecule has 0 unspecified atom stereocenters. The average molecular weight is 570 g/mol. The number of amides is 4. The number of fused-ring (bicyclic) bond motifs is 4. The molecule has 212 valence electrons. The number of carbonyl (C=O) groups is 4. The highest BCUT2D eigenvalue weighted by molar-refractivity contribution is 6.21. The molecule has 5 rings (SSSR count). The quantitative estimate of drug-likeness (QED) is 0.236. The van der Waals surface area contributed by atoms with Gasteiger partial charge in [0.15, 0.2) is 5.41 Å². The number of imide groups is 2. The van der Waals surface area contributed by atoms with E-state index in [1.54, 1.807) is 6.07 Å². The third-order valence-corrected chi connectivity index (χ3v) is 7.67. The molecule has 3 heterocycles. The maximum atomic E-state index is 15.0. The standard InChI is InChI=1S/C27H21F3N4O7/c1-31-23(36)26(24(37)32(2)25(31)38)19(14-8-5-4-6-9-14)18(22(35)41-3)21(27(28,29)30)33-13-12-15-16(20(26)33)10-7-11-17(15)34(39)40/h4-13,19-20H,1-3H3/t19-,20-/m0/s1. The van der Waals surface area contributed by atoms with Crippen LogP contribution >= 0.6 is 0 Å². The number of benzene rings is 2. The van der Waals surface area contributed by atoms with Crippen LogP contribution in [-0.4, -0.2) is 70.8 Å². The second kappa shape index (κ2) is 9.28. The van der Waals surface area contributed by atoms with E-state index in [0.29, 0.717) is 14.7 Å². The van der Waals surface area contributed by atoms with Crippen LogP contribution in [0.3, 0.4) is 0 Å². The Labute approximate surface area is 230 Å². The van der Waals surface area contributed by atoms with E-state index < -0.39 is 69.2 Å². The van der Waals surface area contributed by atoms with Gasteiger partial charge in [-0.1, -0.05) is 42.5 Å². The van der Waals surface area contributed by atoms with E-state index in [4.69, 9.17) is 4.74 Å². The fraction of sp³-hybridized carbons (Fsp3) is 0.259. The summed E-state index contributed by atoms with van der Waals surface area (Å²) in [6.45, 7) is 0. The number of nitrogens with zero attached hydrogens (tertiary/aromatic N) is 4. The van der Waals surface area contributed by atoms with Crippen LogP contribution in [-0.2, 0) is 19.1 Å². The lowest BCUT2D eigenvalue weighted by Crippen LogP contribution is -2.70. The molecule has 4 amide bonds. The van der Waals surface area contributed by atoms with E-state index in [1.807, 2.05) is 0 Å². The van der Waals surface area contributed by atoms with Gasteiger partial charge in [-0.2, -0.15) is 13.2 Å². The van der Waals surface area contributed by atoms with Crippen molar-refractivity contribution in [3.63, 3.8) is 0 Å². The summed E-state index contributed by atoms with van der Waals surface area (Å²) in [4.78, 5) is 67.8. The number of hydrogen-bond acceptors (Lipinski definition) is 8. The molecule has 3 aliphatic rings. The molecule has 41 heavy (non-hydrogen) atoms. The van der Waals surface area contributed by atoms with E-state index in [1.165, 1.54) is 36.4 Å². The largest absolute Gasteiger partial charge is 0.466 e. The summed E-state index contributed by atoms with van der Waals surface area (Å²) < 4.78 is 49.8. The van der Waals surface area contributed by atoms with Gasteiger partial charge in [-0.25, -0.2) is 9.59 Å². The first-order chi connectivity index (χ1) is 19.3. The highest BCUT2D eigenvalue weighted by Crippen LogP contribution is 2.63. The molecule has 14 heteroatoms. The van der Waals surface area contributed by atoms with Gasteiger partial charge in [-0.3, -0.25) is 29.5 Å². The van der Waals surface area contributed by atoms with Crippen LogP contribution in [0.25, 0.3) is 6.08 Å². The lowest BCUT2D eigenvalue weighted by atomic mass is 9.57. The summed E-state index contributed by atoms with van der Waals surface area (Å²) in [7, 11) is 2.99. The van der Waals surface area contributed by atoms with Gasteiger partial charge in [0.2, 0.25) is 11.8 Å². The first kappa shape index (κ1) is 27.6. The fourth-order valence-corrected chi connectivity index (χ4v) is 6.09. The molecule has 0 aliphatic carbocycles. The van der Waals surface area contributed by atoms with Crippen molar-refractivity contribution in [2.45, 2.75) is 18.1 Å². The van der Waals surface area contributed by atoms with Crippen molar-refractivity contribution >= 4 is 35.6 Å². The van der Waals surface area contributed by atoms with Gasteiger partial charge in [0, 0.05) is 32.3 Å². The smallest absolute Gasteiger partial charge is 0.432 e. The SMILES string of the molecule is COC(=O)C1=C(C(F)(F)F)N2C=Cc3c(cccc3[N+](=O)[O-])[C@H]2C2(C(=O)N(C)C(=O)N(C)C2=O)[C@H]1c1ccccc1. The van der Waals surface area contributed by atoms with Gasteiger partial charge >= 0.3 is 18.2 Å². The number of carbonyl (C=O) groups excluding carboxylic acids is 4. The minimum atomic E-state index is -5.23. The van der Waals surface area contributed by atoms with E-state index in [0.717, 1.165) is 39.5 Å². The second-order valence-electron chi connectivity index (χ2n) is 9.64. The predicted molar refractivity (Wildman–Crippen MR) is 134 cm³/mol. The maximum Gasteiger partial charge on any atom is 0.432 e.